The van der Waals surface area contributed by atoms with Crippen molar-refractivity contribution in [1.29, 1.82) is 0 Å². The highest BCUT2D eigenvalue weighted by atomic mass is 127. The molecule has 0 bridgehead atoms. The van der Waals surface area contributed by atoms with Crippen LogP contribution in [0.4, 0.5) is 4.79 Å². The van der Waals surface area contributed by atoms with E-state index in [4.69, 9.17) is 9.84 Å². The van der Waals surface area contributed by atoms with E-state index in [1.807, 2.05) is 12.1 Å². The molecule has 1 aromatic rings. The molecule has 0 heterocycles. The fraction of sp³-hybridized carbons (Fsp3) is 0.357. The summed E-state index contributed by atoms with van der Waals surface area (Å²) in [6.45, 7) is 0.285. The van der Waals surface area contributed by atoms with Gasteiger partial charge in [0, 0.05) is 29.6 Å². The Kier molecular flexibility index (Phi) is 7.79. The maximum atomic E-state index is 11.6. The topological polar surface area (TPSA) is 87.2 Å². The van der Waals surface area contributed by atoms with Crippen molar-refractivity contribution < 1.29 is 23.1 Å². The van der Waals surface area contributed by atoms with E-state index in [1.54, 1.807) is 12.1 Å². The van der Waals surface area contributed by atoms with Crippen LogP contribution in [0.5, 0.6) is 5.75 Å². The fourth-order valence-corrected chi connectivity index (χ4v) is 2.42. The Labute approximate surface area is 149 Å². The molecule has 1 aromatic carbocycles. The fourth-order valence-electron chi connectivity index (χ4n) is 1.48. The van der Waals surface area contributed by atoms with E-state index >= 15 is 0 Å². The van der Waals surface area contributed by atoms with E-state index in [1.165, 1.54) is 20.2 Å². The highest BCUT2D eigenvalue weighted by Gasteiger charge is 2.12. The number of carboxylic acid groups (broad SMARTS) is 1. The maximum Gasteiger partial charge on any atom is 0.407 e. The number of hydrogen-bond donors (Lipinski definition) is 1. The summed E-state index contributed by atoms with van der Waals surface area (Å²) < 4.78 is 30.7. The number of nitrogens with zero attached hydrogens (tertiary/aromatic N) is 2. The van der Waals surface area contributed by atoms with Crippen molar-refractivity contribution in [1.82, 2.24) is 9.21 Å². The number of ether oxygens (including phenoxy) is 1. The van der Waals surface area contributed by atoms with Crippen molar-refractivity contribution in [3.63, 3.8) is 0 Å². The zero-order valence-electron chi connectivity index (χ0n) is 12.8. The van der Waals surface area contributed by atoms with Crippen molar-refractivity contribution in [2.75, 3.05) is 33.8 Å². The number of sulfonamides is 1. The van der Waals surface area contributed by atoms with E-state index in [-0.39, 0.29) is 19.7 Å². The van der Waals surface area contributed by atoms with Gasteiger partial charge in [0.2, 0.25) is 10.0 Å². The summed E-state index contributed by atoms with van der Waals surface area (Å²) in [5, 5.41) is 10.1. The molecule has 0 spiro atoms. The molecule has 0 aliphatic rings. The van der Waals surface area contributed by atoms with Gasteiger partial charge in [-0.3, -0.25) is 0 Å². The molecule has 0 aromatic heterocycles. The molecule has 7 nitrogen and oxygen atoms in total. The van der Waals surface area contributed by atoms with E-state index in [2.05, 4.69) is 22.6 Å². The molecule has 9 heteroatoms. The number of carbonyl (C=O) groups is 1. The first kappa shape index (κ1) is 19.7. The summed E-state index contributed by atoms with van der Waals surface area (Å²) >= 11 is 2.18. The molecule has 0 atom stereocenters. The minimum Gasteiger partial charge on any atom is -0.492 e. The third kappa shape index (κ3) is 7.18. The second-order valence-electron chi connectivity index (χ2n) is 4.73. The van der Waals surface area contributed by atoms with Gasteiger partial charge in [-0.15, -0.1) is 0 Å². The summed E-state index contributed by atoms with van der Waals surface area (Å²) in [5.74, 6) is 0.654. The van der Waals surface area contributed by atoms with Gasteiger partial charge in [-0.05, 0) is 46.9 Å². The normalized spacial score (nSPS) is 11.8. The molecular formula is C14H19IN2O5S. The van der Waals surface area contributed by atoms with E-state index in [0.29, 0.717) is 5.75 Å². The lowest BCUT2D eigenvalue weighted by molar-refractivity contribution is 0.141. The van der Waals surface area contributed by atoms with Gasteiger partial charge in [0.15, 0.2) is 0 Å². The minimum absolute atomic E-state index is 0.0293. The van der Waals surface area contributed by atoms with Crippen LogP contribution in [-0.4, -0.2) is 62.6 Å². The molecule has 1 amide bonds. The Hall–Kier alpha value is -1.33. The molecule has 23 heavy (non-hydrogen) atoms. The van der Waals surface area contributed by atoms with Gasteiger partial charge in [-0.1, -0.05) is 6.08 Å². The summed E-state index contributed by atoms with van der Waals surface area (Å²) in [4.78, 5) is 12.2. The molecule has 128 valence electrons. The van der Waals surface area contributed by atoms with Gasteiger partial charge in [-0.25, -0.2) is 17.5 Å². The number of halogens is 1. The van der Waals surface area contributed by atoms with Crippen molar-refractivity contribution in [3.05, 3.63) is 39.3 Å². The largest absolute Gasteiger partial charge is 0.492 e. The van der Waals surface area contributed by atoms with Crippen LogP contribution < -0.4 is 4.74 Å². The van der Waals surface area contributed by atoms with Crippen LogP contribution in [0.3, 0.4) is 0 Å². The SMILES string of the molecule is CN(C)S(=O)(=O)C=CCN(CCOc1ccc(I)cc1)C(=O)O. The first-order valence-corrected chi connectivity index (χ1v) is 9.26. The second kappa shape index (κ2) is 9.08. The zero-order chi connectivity index (χ0) is 17.5. The standard InChI is InChI=1S/C14H19IN2O5S/c1-16(2)23(20,21)11-3-8-17(14(18)19)9-10-22-13-6-4-12(15)5-7-13/h3-7,11H,8-10H2,1-2H3,(H,18,19). The molecule has 0 fully saturated rings. The lowest BCUT2D eigenvalue weighted by Gasteiger charge is -2.17. The third-order valence-electron chi connectivity index (χ3n) is 2.82. The summed E-state index contributed by atoms with van der Waals surface area (Å²) in [6.07, 6.45) is 0.164. The zero-order valence-corrected chi connectivity index (χ0v) is 15.8. The third-order valence-corrected chi connectivity index (χ3v) is 5.09. The van der Waals surface area contributed by atoms with Crippen LogP contribution >= 0.6 is 22.6 Å². The molecule has 1 N–H and O–H groups in total. The van der Waals surface area contributed by atoms with Crippen LogP contribution in [0, 0.1) is 3.57 Å². The highest BCUT2D eigenvalue weighted by molar-refractivity contribution is 14.1. The van der Waals surface area contributed by atoms with Gasteiger partial charge >= 0.3 is 6.09 Å². The minimum atomic E-state index is -3.49. The summed E-state index contributed by atoms with van der Waals surface area (Å²) in [6, 6.07) is 7.38. The van der Waals surface area contributed by atoms with E-state index in [0.717, 1.165) is 18.2 Å². The lowest BCUT2D eigenvalue weighted by atomic mass is 10.3. The maximum absolute atomic E-state index is 11.6. The van der Waals surface area contributed by atoms with Crippen molar-refractivity contribution in [2.45, 2.75) is 0 Å². The second-order valence-corrected chi connectivity index (χ2v) is 8.01. The van der Waals surface area contributed by atoms with Crippen molar-refractivity contribution in [2.24, 2.45) is 0 Å². The van der Waals surface area contributed by atoms with Gasteiger partial charge in [0.1, 0.15) is 12.4 Å². The first-order valence-electron chi connectivity index (χ1n) is 6.67. The molecule has 1 rings (SSSR count). The molecule has 0 aliphatic carbocycles. The Morgan fingerprint density at radius 3 is 2.43 bits per heavy atom. The van der Waals surface area contributed by atoms with Crippen LogP contribution in [0.25, 0.3) is 0 Å². The Balaban J connectivity index is 2.51. The summed E-state index contributed by atoms with van der Waals surface area (Å²) in [5.41, 5.74) is 0. The Morgan fingerprint density at radius 2 is 1.91 bits per heavy atom. The van der Waals surface area contributed by atoms with Crippen molar-refractivity contribution >= 4 is 38.7 Å². The van der Waals surface area contributed by atoms with Gasteiger partial charge < -0.3 is 14.7 Å². The average Bonchev–Trinajstić information content (AvgIpc) is 2.47. The van der Waals surface area contributed by atoms with Crippen LogP contribution in [0.2, 0.25) is 0 Å². The van der Waals surface area contributed by atoms with Crippen LogP contribution in [0.15, 0.2) is 35.7 Å². The number of benzene rings is 1. The quantitative estimate of drug-likeness (QED) is 0.608. The average molecular weight is 454 g/mol. The van der Waals surface area contributed by atoms with Gasteiger partial charge in [0.05, 0.1) is 6.54 Å². The monoisotopic (exact) mass is 454 g/mol. The first-order chi connectivity index (χ1) is 10.7. The molecule has 0 radical (unpaired) electrons. The van der Waals surface area contributed by atoms with Crippen LogP contribution in [-0.2, 0) is 10.0 Å². The van der Waals surface area contributed by atoms with Gasteiger partial charge in [-0.2, -0.15) is 0 Å². The molecular weight excluding hydrogens is 435 g/mol. The van der Waals surface area contributed by atoms with Crippen molar-refractivity contribution in [3.8, 4) is 5.75 Å². The van der Waals surface area contributed by atoms with Crippen LogP contribution in [0.1, 0.15) is 0 Å². The lowest BCUT2D eigenvalue weighted by Crippen LogP contribution is -2.33. The smallest absolute Gasteiger partial charge is 0.407 e. The number of rotatable bonds is 8. The molecule has 0 saturated carbocycles. The predicted molar refractivity (Wildman–Crippen MR) is 96.0 cm³/mol. The molecule has 0 saturated heterocycles. The Morgan fingerprint density at radius 1 is 1.30 bits per heavy atom. The number of amides is 1. The van der Waals surface area contributed by atoms with E-state index < -0.39 is 16.1 Å². The molecule has 0 unspecified atom stereocenters. The number of hydrogen-bond acceptors (Lipinski definition) is 4. The Bertz CT molecular complexity index is 644. The highest BCUT2D eigenvalue weighted by Crippen LogP contribution is 2.13. The van der Waals surface area contributed by atoms with Gasteiger partial charge in [0.25, 0.3) is 0 Å². The summed E-state index contributed by atoms with van der Waals surface area (Å²) in [7, 11) is -0.673. The molecule has 0 aliphatic heterocycles. The predicted octanol–water partition coefficient (Wildman–Crippen LogP) is 2.06. The van der Waals surface area contributed by atoms with E-state index in [9.17, 15) is 13.2 Å².